The highest BCUT2D eigenvalue weighted by Crippen LogP contribution is 2.22. The fourth-order valence-corrected chi connectivity index (χ4v) is 2.15. The molecule has 0 radical (unpaired) electrons. The van der Waals surface area contributed by atoms with Crippen molar-refractivity contribution in [2.24, 2.45) is 5.92 Å². The van der Waals surface area contributed by atoms with Crippen molar-refractivity contribution in [2.75, 3.05) is 19.7 Å². The minimum atomic E-state index is 0.675. The van der Waals surface area contributed by atoms with Crippen LogP contribution in [0.3, 0.4) is 0 Å². The van der Waals surface area contributed by atoms with Crippen molar-refractivity contribution in [3.8, 4) is 5.75 Å². The largest absolute Gasteiger partial charge is 0.493 e. The Labute approximate surface area is 98.0 Å². The minimum Gasteiger partial charge on any atom is -0.493 e. The number of aryl methyl sites for hydroxylation is 1. The first kappa shape index (κ1) is 11.5. The van der Waals surface area contributed by atoms with Crippen LogP contribution in [0.1, 0.15) is 24.0 Å². The molecule has 1 heterocycles. The van der Waals surface area contributed by atoms with Crippen LogP contribution in [0.2, 0.25) is 0 Å². The molecule has 0 bridgehead atoms. The number of benzene rings is 1. The molecule has 0 saturated carbocycles. The molecule has 0 spiro atoms. The first-order valence-electron chi connectivity index (χ1n) is 6.17. The lowest BCUT2D eigenvalue weighted by Crippen LogP contribution is -2.33. The maximum absolute atomic E-state index is 5.92. The van der Waals surface area contributed by atoms with Crippen LogP contribution in [0.4, 0.5) is 0 Å². The van der Waals surface area contributed by atoms with Gasteiger partial charge >= 0.3 is 0 Å². The molecule has 2 nitrogen and oxygen atoms in total. The van der Waals surface area contributed by atoms with E-state index >= 15 is 0 Å². The third-order valence-electron chi connectivity index (χ3n) is 3.43. The van der Waals surface area contributed by atoms with Crippen LogP contribution < -0.4 is 10.1 Å². The van der Waals surface area contributed by atoms with Crippen LogP contribution in [0, 0.1) is 19.8 Å². The Balaban J connectivity index is 1.91. The van der Waals surface area contributed by atoms with E-state index in [1.807, 2.05) is 0 Å². The van der Waals surface area contributed by atoms with E-state index in [-0.39, 0.29) is 0 Å². The van der Waals surface area contributed by atoms with Gasteiger partial charge < -0.3 is 10.1 Å². The predicted molar refractivity (Wildman–Crippen MR) is 67.0 cm³/mol. The van der Waals surface area contributed by atoms with Gasteiger partial charge in [-0.05, 0) is 50.4 Å². The quantitative estimate of drug-likeness (QED) is 0.844. The lowest BCUT2D eigenvalue weighted by atomic mass is 10.0. The van der Waals surface area contributed by atoms with Crippen molar-refractivity contribution in [1.82, 2.24) is 5.32 Å². The van der Waals surface area contributed by atoms with E-state index in [1.165, 1.54) is 30.5 Å². The number of piperidine rings is 1. The molecule has 1 aromatic carbocycles. The van der Waals surface area contributed by atoms with Crippen LogP contribution in [0.25, 0.3) is 0 Å². The molecule has 1 aliphatic rings. The molecule has 1 fully saturated rings. The first-order chi connectivity index (χ1) is 7.77. The maximum Gasteiger partial charge on any atom is 0.122 e. The molecule has 16 heavy (non-hydrogen) atoms. The van der Waals surface area contributed by atoms with Gasteiger partial charge in [-0.15, -0.1) is 0 Å². The Morgan fingerprint density at radius 2 is 2.25 bits per heavy atom. The van der Waals surface area contributed by atoms with Gasteiger partial charge in [0.05, 0.1) is 6.61 Å². The summed E-state index contributed by atoms with van der Waals surface area (Å²) in [6, 6.07) is 6.26. The molecule has 88 valence electrons. The monoisotopic (exact) mass is 219 g/mol. The average Bonchev–Trinajstić information content (AvgIpc) is 2.32. The zero-order valence-corrected chi connectivity index (χ0v) is 10.3. The molecular weight excluding hydrogens is 198 g/mol. The molecule has 1 unspecified atom stereocenters. The summed E-state index contributed by atoms with van der Waals surface area (Å²) in [5, 5.41) is 3.42. The first-order valence-corrected chi connectivity index (χ1v) is 6.17. The van der Waals surface area contributed by atoms with Crippen LogP contribution in [0.15, 0.2) is 18.2 Å². The normalized spacial score (nSPS) is 20.8. The highest BCUT2D eigenvalue weighted by atomic mass is 16.5. The fraction of sp³-hybridized carbons (Fsp3) is 0.571. The molecule has 0 amide bonds. The number of nitrogens with one attached hydrogen (secondary N) is 1. The van der Waals surface area contributed by atoms with E-state index < -0.39 is 0 Å². The zero-order chi connectivity index (χ0) is 11.4. The Kier molecular flexibility index (Phi) is 3.83. The van der Waals surface area contributed by atoms with Gasteiger partial charge in [-0.3, -0.25) is 0 Å². The van der Waals surface area contributed by atoms with Crippen LogP contribution in [-0.4, -0.2) is 19.7 Å². The van der Waals surface area contributed by atoms with E-state index in [0.29, 0.717) is 5.92 Å². The van der Waals surface area contributed by atoms with E-state index in [4.69, 9.17) is 4.74 Å². The van der Waals surface area contributed by atoms with E-state index in [9.17, 15) is 0 Å². The highest BCUT2D eigenvalue weighted by molar-refractivity contribution is 5.38. The molecule has 1 aliphatic heterocycles. The van der Waals surface area contributed by atoms with Gasteiger partial charge in [0, 0.05) is 12.5 Å². The van der Waals surface area contributed by atoms with Crippen LogP contribution in [0.5, 0.6) is 5.75 Å². The van der Waals surface area contributed by atoms with Gasteiger partial charge in [-0.2, -0.15) is 0 Å². The van der Waals surface area contributed by atoms with Gasteiger partial charge in [0.15, 0.2) is 0 Å². The maximum atomic E-state index is 5.92. The second-order valence-electron chi connectivity index (χ2n) is 4.72. The SMILES string of the molecule is Cc1cccc(OCC2CCCNC2)c1C. The molecular formula is C14H21NO. The second-order valence-corrected chi connectivity index (χ2v) is 4.72. The highest BCUT2D eigenvalue weighted by Gasteiger charge is 2.14. The van der Waals surface area contributed by atoms with Crippen molar-refractivity contribution in [3.63, 3.8) is 0 Å². The van der Waals surface area contributed by atoms with Gasteiger partial charge in [-0.25, -0.2) is 0 Å². The topological polar surface area (TPSA) is 21.3 Å². The molecule has 1 aromatic rings. The summed E-state index contributed by atoms with van der Waals surface area (Å²) >= 11 is 0. The fourth-order valence-electron chi connectivity index (χ4n) is 2.15. The molecule has 0 aliphatic carbocycles. The third kappa shape index (κ3) is 2.76. The van der Waals surface area contributed by atoms with Gasteiger partial charge in [0.2, 0.25) is 0 Å². The number of hydrogen-bond acceptors (Lipinski definition) is 2. The summed E-state index contributed by atoms with van der Waals surface area (Å²) < 4.78 is 5.92. The van der Waals surface area contributed by atoms with E-state index in [2.05, 4.69) is 37.4 Å². The summed E-state index contributed by atoms with van der Waals surface area (Å²) in [4.78, 5) is 0. The average molecular weight is 219 g/mol. The van der Waals surface area contributed by atoms with Crippen LogP contribution in [-0.2, 0) is 0 Å². The van der Waals surface area contributed by atoms with Crippen molar-refractivity contribution in [2.45, 2.75) is 26.7 Å². The Hall–Kier alpha value is -1.02. The molecule has 2 rings (SSSR count). The summed E-state index contributed by atoms with van der Waals surface area (Å²) in [6.45, 7) is 7.37. The zero-order valence-electron chi connectivity index (χ0n) is 10.3. The minimum absolute atomic E-state index is 0.675. The predicted octanol–water partition coefficient (Wildman–Crippen LogP) is 2.68. The molecule has 1 N–H and O–H groups in total. The van der Waals surface area contributed by atoms with E-state index in [0.717, 1.165) is 18.9 Å². The number of ether oxygens (including phenoxy) is 1. The van der Waals surface area contributed by atoms with E-state index in [1.54, 1.807) is 0 Å². The van der Waals surface area contributed by atoms with Crippen molar-refractivity contribution >= 4 is 0 Å². The van der Waals surface area contributed by atoms with Gasteiger partial charge in [0.25, 0.3) is 0 Å². The third-order valence-corrected chi connectivity index (χ3v) is 3.43. The number of hydrogen-bond donors (Lipinski definition) is 1. The van der Waals surface area contributed by atoms with Gasteiger partial charge in [-0.1, -0.05) is 12.1 Å². The Morgan fingerprint density at radius 1 is 1.38 bits per heavy atom. The standard InChI is InChI=1S/C14H21NO/c1-11-5-3-7-14(12(11)2)16-10-13-6-4-8-15-9-13/h3,5,7,13,15H,4,6,8-10H2,1-2H3. The summed E-state index contributed by atoms with van der Waals surface area (Å²) in [5.41, 5.74) is 2.57. The smallest absolute Gasteiger partial charge is 0.122 e. The van der Waals surface area contributed by atoms with Gasteiger partial charge in [0.1, 0.15) is 5.75 Å². The van der Waals surface area contributed by atoms with Crippen molar-refractivity contribution in [3.05, 3.63) is 29.3 Å². The lowest BCUT2D eigenvalue weighted by Gasteiger charge is -2.23. The molecule has 2 heteroatoms. The Bertz CT molecular complexity index is 343. The van der Waals surface area contributed by atoms with Crippen molar-refractivity contribution in [1.29, 1.82) is 0 Å². The summed E-state index contributed by atoms with van der Waals surface area (Å²) in [7, 11) is 0. The lowest BCUT2D eigenvalue weighted by molar-refractivity contribution is 0.217. The van der Waals surface area contributed by atoms with Crippen LogP contribution >= 0.6 is 0 Å². The molecule has 0 aromatic heterocycles. The van der Waals surface area contributed by atoms with Crippen molar-refractivity contribution < 1.29 is 4.74 Å². The second kappa shape index (κ2) is 5.35. The molecule has 1 atom stereocenters. The molecule has 1 saturated heterocycles. The number of rotatable bonds is 3. The Morgan fingerprint density at radius 3 is 3.00 bits per heavy atom. The summed E-state index contributed by atoms with van der Waals surface area (Å²) in [6.07, 6.45) is 2.57. The summed E-state index contributed by atoms with van der Waals surface area (Å²) in [5.74, 6) is 1.72.